The molecule has 3 rings (SSSR count). The van der Waals surface area contributed by atoms with E-state index < -0.39 is 5.41 Å². The van der Waals surface area contributed by atoms with Gasteiger partial charge >= 0.3 is 0 Å². The van der Waals surface area contributed by atoms with Crippen LogP contribution in [0.5, 0.6) is 0 Å². The van der Waals surface area contributed by atoms with E-state index in [1.54, 1.807) is 0 Å². The number of hydrogen-bond donors (Lipinski definition) is 0. The van der Waals surface area contributed by atoms with E-state index in [0.29, 0.717) is 5.92 Å². The highest BCUT2D eigenvalue weighted by molar-refractivity contribution is 5.60. The maximum absolute atomic E-state index is 10.3. The van der Waals surface area contributed by atoms with E-state index in [2.05, 4.69) is 68.4 Å². The summed E-state index contributed by atoms with van der Waals surface area (Å²) in [6.07, 6.45) is 6.71. The van der Waals surface area contributed by atoms with Crippen LogP contribution < -0.4 is 0 Å². The van der Waals surface area contributed by atoms with Crippen LogP contribution in [0.3, 0.4) is 0 Å². The zero-order valence-corrected chi connectivity index (χ0v) is 14.9. The molecule has 0 radical (unpaired) electrons. The minimum absolute atomic E-state index is 0.431. The molecule has 0 heterocycles. The zero-order valence-electron chi connectivity index (χ0n) is 14.9. The third kappa shape index (κ3) is 2.65. The van der Waals surface area contributed by atoms with Gasteiger partial charge in [0, 0.05) is 5.92 Å². The fourth-order valence-corrected chi connectivity index (χ4v) is 4.30. The van der Waals surface area contributed by atoms with Crippen LogP contribution in [0.4, 0.5) is 0 Å². The second-order valence-corrected chi connectivity index (χ2v) is 6.99. The first kappa shape index (κ1) is 16.8. The van der Waals surface area contributed by atoms with Gasteiger partial charge < -0.3 is 0 Å². The predicted octanol–water partition coefficient (Wildman–Crippen LogP) is 6.32. The highest BCUT2D eigenvalue weighted by Gasteiger charge is 2.43. The molecule has 0 bridgehead atoms. The van der Waals surface area contributed by atoms with Crippen LogP contribution in [0.25, 0.3) is 0 Å². The molecule has 0 amide bonds. The Labute approximate surface area is 146 Å². The number of nitrogens with zero attached hydrogens (tertiary/aromatic N) is 1. The van der Waals surface area contributed by atoms with Gasteiger partial charge in [-0.05, 0) is 35.1 Å². The van der Waals surface area contributed by atoms with Crippen LogP contribution in [0, 0.1) is 11.3 Å². The summed E-state index contributed by atoms with van der Waals surface area (Å²) >= 11 is 0. The second-order valence-electron chi connectivity index (χ2n) is 6.99. The van der Waals surface area contributed by atoms with Crippen molar-refractivity contribution in [3.05, 3.63) is 70.8 Å². The van der Waals surface area contributed by atoms with E-state index in [1.165, 1.54) is 41.5 Å². The molecule has 0 saturated heterocycles. The topological polar surface area (TPSA) is 23.8 Å². The molecule has 24 heavy (non-hydrogen) atoms. The lowest BCUT2D eigenvalue weighted by atomic mass is 9.61. The third-order valence-corrected chi connectivity index (χ3v) is 5.53. The lowest BCUT2D eigenvalue weighted by Crippen LogP contribution is -2.33. The first-order chi connectivity index (χ1) is 11.8. The summed E-state index contributed by atoms with van der Waals surface area (Å²) in [6.45, 7) is 4.46. The summed E-state index contributed by atoms with van der Waals surface area (Å²) in [4.78, 5) is 0. The Hall–Kier alpha value is -2.07. The van der Waals surface area contributed by atoms with Crippen LogP contribution >= 0.6 is 0 Å². The molecule has 1 aliphatic rings. The Morgan fingerprint density at radius 2 is 1.42 bits per heavy atom. The number of rotatable bonds is 6. The quantitative estimate of drug-likeness (QED) is 0.611. The van der Waals surface area contributed by atoms with Gasteiger partial charge in [0.25, 0.3) is 0 Å². The highest BCUT2D eigenvalue weighted by Crippen LogP contribution is 2.50. The summed E-state index contributed by atoms with van der Waals surface area (Å²) < 4.78 is 0. The summed E-state index contributed by atoms with van der Waals surface area (Å²) in [6, 6.07) is 20.1. The van der Waals surface area contributed by atoms with Crippen molar-refractivity contribution in [1.29, 1.82) is 5.26 Å². The van der Waals surface area contributed by atoms with E-state index >= 15 is 0 Å². The summed E-state index contributed by atoms with van der Waals surface area (Å²) in [5.41, 5.74) is 4.78. The lowest BCUT2D eigenvalue weighted by molar-refractivity contribution is 0.513. The molecule has 1 heteroatoms. The minimum Gasteiger partial charge on any atom is -0.197 e. The van der Waals surface area contributed by atoms with Crippen molar-refractivity contribution in [1.82, 2.24) is 0 Å². The van der Waals surface area contributed by atoms with Gasteiger partial charge in [-0.25, -0.2) is 0 Å². The van der Waals surface area contributed by atoms with Gasteiger partial charge in [0.2, 0.25) is 0 Å². The van der Waals surface area contributed by atoms with Crippen LogP contribution in [-0.4, -0.2) is 0 Å². The fourth-order valence-electron chi connectivity index (χ4n) is 4.30. The standard InChI is InChI=1S/C23H27N/c1-3-5-11-18-19-12-7-9-14-21(19)23(17-24,16-6-4-2)22-15-10-8-13-20(18)22/h7-10,12-15,18H,3-6,11,16H2,1-2H3. The molecule has 1 nitrogen and oxygen atoms in total. The van der Waals surface area contributed by atoms with Crippen molar-refractivity contribution < 1.29 is 0 Å². The first-order valence-electron chi connectivity index (χ1n) is 9.38. The molecule has 2 aromatic carbocycles. The third-order valence-electron chi connectivity index (χ3n) is 5.53. The molecule has 0 atom stereocenters. The normalized spacial score (nSPS) is 21.6. The molecular formula is C23H27N. The Kier molecular flexibility index (Phi) is 5.05. The van der Waals surface area contributed by atoms with E-state index in [0.717, 1.165) is 19.3 Å². The highest BCUT2D eigenvalue weighted by atomic mass is 14.5. The molecule has 0 N–H and O–H groups in total. The van der Waals surface area contributed by atoms with Crippen molar-refractivity contribution in [2.45, 2.75) is 63.7 Å². The maximum atomic E-state index is 10.3. The molecule has 1 aliphatic carbocycles. The SMILES string of the molecule is CCCCC1c2ccccc2C(C#N)(CCCC)c2ccccc21. The number of benzene rings is 2. The molecular weight excluding hydrogens is 290 g/mol. The molecule has 2 aromatic rings. The van der Waals surface area contributed by atoms with Crippen LogP contribution in [0.15, 0.2) is 48.5 Å². The van der Waals surface area contributed by atoms with Crippen molar-refractivity contribution >= 4 is 0 Å². The number of hydrogen-bond acceptors (Lipinski definition) is 1. The molecule has 0 aliphatic heterocycles. The van der Waals surface area contributed by atoms with E-state index in [-0.39, 0.29) is 0 Å². The number of nitriles is 1. The van der Waals surface area contributed by atoms with Crippen molar-refractivity contribution in [3.63, 3.8) is 0 Å². The number of fused-ring (bicyclic) bond motifs is 2. The average Bonchev–Trinajstić information content (AvgIpc) is 2.65. The molecule has 0 spiro atoms. The maximum Gasteiger partial charge on any atom is 0.108 e. The van der Waals surface area contributed by atoms with Gasteiger partial charge in [-0.15, -0.1) is 0 Å². The van der Waals surface area contributed by atoms with E-state index in [9.17, 15) is 5.26 Å². The Morgan fingerprint density at radius 1 is 0.875 bits per heavy atom. The van der Waals surface area contributed by atoms with E-state index in [4.69, 9.17) is 0 Å². The van der Waals surface area contributed by atoms with E-state index in [1.807, 2.05) is 0 Å². The molecule has 0 saturated carbocycles. The average molecular weight is 317 g/mol. The first-order valence-corrected chi connectivity index (χ1v) is 9.38. The van der Waals surface area contributed by atoms with Crippen LogP contribution in [-0.2, 0) is 5.41 Å². The summed E-state index contributed by atoms with van der Waals surface area (Å²) in [7, 11) is 0. The number of unbranched alkanes of at least 4 members (excludes halogenated alkanes) is 2. The Morgan fingerprint density at radius 3 is 1.92 bits per heavy atom. The molecule has 0 unspecified atom stereocenters. The van der Waals surface area contributed by atoms with Gasteiger partial charge in [0.05, 0.1) is 6.07 Å². The molecule has 124 valence electrons. The van der Waals surface area contributed by atoms with Crippen LogP contribution in [0.2, 0.25) is 0 Å². The van der Waals surface area contributed by atoms with Crippen molar-refractivity contribution in [3.8, 4) is 6.07 Å². The summed E-state index contributed by atoms with van der Waals surface area (Å²) in [5.74, 6) is 0.431. The van der Waals surface area contributed by atoms with Crippen LogP contribution in [0.1, 0.15) is 80.5 Å². The monoisotopic (exact) mass is 317 g/mol. The zero-order chi connectivity index (χ0) is 17.0. The largest absolute Gasteiger partial charge is 0.197 e. The smallest absolute Gasteiger partial charge is 0.108 e. The second kappa shape index (κ2) is 7.22. The summed E-state index contributed by atoms with van der Waals surface area (Å²) in [5, 5.41) is 10.3. The Balaban J connectivity index is 2.22. The van der Waals surface area contributed by atoms with Gasteiger partial charge in [0.1, 0.15) is 5.41 Å². The molecule has 0 fully saturated rings. The Bertz CT molecular complexity index is 690. The van der Waals surface area contributed by atoms with Crippen molar-refractivity contribution in [2.24, 2.45) is 0 Å². The minimum atomic E-state index is -0.480. The molecule has 0 aromatic heterocycles. The van der Waals surface area contributed by atoms with Gasteiger partial charge in [-0.2, -0.15) is 5.26 Å². The van der Waals surface area contributed by atoms with Gasteiger partial charge in [-0.3, -0.25) is 0 Å². The predicted molar refractivity (Wildman–Crippen MR) is 100 cm³/mol. The van der Waals surface area contributed by atoms with Gasteiger partial charge in [-0.1, -0.05) is 88.1 Å². The van der Waals surface area contributed by atoms with Crippen molar-refractivity contribution in [2.75, 3.05) is 0 Å². The lowest BCUT2D eigenvalue weighted by Gasteiger charge is -2.40. The fraction of sp³-hybridized carbons (Fsp3) is 0.435. The van der Waals surface area contributed by atoms with Gasteiger partial charge in [0.15, 0.2) is 0 Å².